The van der Waals surface area contributed by atoms with Crippen molar-refractivity contribution < 1.29 is 18.3 Å². The van der Waals surface area contributed by atoms with Gasteiger partial charge in [0.1, 0.15) is 17.2 Å². The second-order valence-corrected chi connectivity index (χ2v) is 8.49. The molecule has 9 nitrogen and oxygen atoms in total. The summed E-state index contributed by atoms with van der Waals surface area (Å²) < 4.78 is 32.3. The number of nitrogens with one attached hydrogen (secondary N) is 1. The van der Waals surface area contributed by atoms with E-state index in [-0.39, 0.29) is 24.4 Å². The number of nitrogens with two attached hydrogens (primary N) is 1. The van der Waals surface area contributed by atoms with E-state index in [0.717, 1.165) is 30.0 Å². The summed E-state index contributed by atoms with van der Waals surface area (Å²) in [5.74, 6) is -1.24. The lowest BCUT2D eigenvalue weighted by atomic mass is 9.95. The van der Waals surface area contributed by atoms with Crippen LogP contribution in [0.3, 0.4) is 0 Å². The Bertz CT molecular complexity index is 1300. The first-order chi connectivity index (χ1) is 16.4. The molecule has 0 spiro atoms. The second kappa shape index (κ2) is 8.64. The van der Waals surface area contributed by atoms with E-state index < -0.39 is 11.8 Å². The minimum Gasteiger partial charge on any atom is -0.379 e. The molecule has 2 fully saturated rings. The number of hydrogen-bond donors (Lipinski definition) is 2. The van der Waals surface area contributed by atoms with Crippen molar-refractivity contribution in [2.75, 3.05) is 25.6 Å². The Kier molecular flexibility index (Phi) is 5.64. The minimum absolute atomic E-state index is 0.118. The number of carbonyl (C=O) groups is 1. The maximum Gasteiger partial charge on any atom is 0.254 e. The standard InChI is InChI=1S/C19H19N7O2.C4H6F2/c1-21-16-7-15(24-19-14(17(20)27)9-23-26(16)19)13-8-22-18-12(13)3-2-5-25(18)11-4-6-28-10-11;5-4(6)2-1-3-4/h2-3,5,7-9,11,21H,4,6,10H2,1H3,(H2,20,27);1-3H2. The number of aromatic nitrogens is 5. The van der Waals surface area contributed by atoms with Gasteiger partial charge in [0.15, 0.2) is 5.65 Å². The van der Waals surface area contributed by atoms with Crippen molar-refractivity contribution in [3.05, 3.63) is 42.4 Å². The molecule has 1 saturated heterocycles. The molecule has 6 rings (SSSR count). The number of primary amides is 1. The summed E-state index contributed by atoms with van der Waals surface area (Å²) >= 11 is 0. The average molecular weight is 469 g/mol. The third-order valence-corrected chi connectivity index (χ3v) is 6.25. The summed E-state index contributed by atoms with van der Waals surface area (Å²) in [5, 5.41) is 7.31. The molecule has 4 aliphatic rings. The van der Waals surface area contributed by atoms with Crippen molar-refractivity contribution >= 4 is 17.4 Å². The molecule has 0 radical (unpaired) electrons. The predicted octanol–water partition coefficient (Wildman–Crippen LogP) is 3.61. The number of ether oxygens (including phenoxy) is 1. The van der Waals surface area contributed by atoms with Gasteiger partial charge in [-0.2, -0.15) is 9.61 Å². The van der Waals surface area contributed by atoms with Gasteiger partial charge in [-0.05, 0) is 25.0 Å². The van der Waals surface area contributed by atoms with E-state index in [1.807, 2.05) is 30.6 Å². The Labute approximate surface area is 194 Å². The fraction of sp³-hybridized carbons (Fsp3) is 0.391. The van der Waals surface area contributed by atoms with Gasteiger partial charge >= 0.3 is 0 Å². The Morgan fingerprint density at radius 1 is 1.29 bits per heavy atom. The summed E-state index contributed by atoms with van der Waals surface area (Å²) in [6, 6.07) is 6.21. The molecule has 2 aromatic rings. The summed E-state index contributed by atoms with van der Waals surface area (Å²) in [6.07, 6.45) is 7.21. The molecule has 5 heterocycles. The van der Waals surface area contributed by atoms with E-state index in [0.29, 0.717) is 30.2 Å². The van der Waals surface area contributed by atoms with Crippen LogP contribution in [0.25, 0.3) is 28.3 Å². The number of fused-ring (bicyclic) bond motifs is 2. The molecule has 3 aliphatic heterocycles. The van der Waals surface area contributed by atoms with Gasteiger partial charge < -0.3 is 20.4 Å². The molecule has 1 saturated carbocycles. The van der Waals surface area contributed by atoms with Crippen molar-refractivity contribution in [2.24, 2.45) is 5.73 Å². The van der Waals surface area contributed by atoms with Gasteiger partial charge in [-0.1, -0.05) is 0 Å². The SMILES string of the molecule is CNc1cc(-c2cnc3n(C4CCOC4)cccc2-3)nc2c(C(N)=O)cnn12.FC1(F)CCC1. The Morgan fingerprint density at radius 2 is 2.09 bits per heavy atom. The van der Waals surface area contributed by atoms with Gasteiger partial charge in [0.2, 0.25) is 5.92 Å². The molecule has 34 heavy (non-hydrogen) atoms. The van der Waals surface area contributed by atoms with Crippen LogP contribution in [0.2, 0.25) is 0 Å². The van der Waals surface area contributed by atoms with Crippen LogP contribution >= 0.6 is 0 Å². The highest BCUT2D eigenvalue weighted by Gasteiger charge is 2.36. The molecular weight excluding hydrogens is 444 g/mol. The fourth-order valence-electron chi connectivity index (χ4n) is 4.19. The number of nitrogens with zero attached hydrogens (tertiary/aromatic N) is 5. The number of carbonyl (C=O) groups excluding carboxylic acids is 1. The van der Waals surface area contributed by atoms with Crippen LogP contribution in [0, 0.1) is 0 Å². The summed E-state index contributed by atoms with van der Waals surface area (Å²) in [4.78, 5) is 21.1. The zero-order valence-electron chi connectivity index (χ0n) is 18.7. The molecular formula is C23H25F2N7O2. The van der Waals surface area contributed by atoms with Crippen LogP contribution in [0.4, 0.5) is 14.6 Å². The summed E-state index contributed by atoms with van der Waals surface area (Å²) in [6.45, 7) is 1.46. The van der Waals surface area contributed by atoms with Crippen LogP contribution in [-0.2, 0) is 4.74 Å². The molecule has 11 heteroatoms. The molecule has 0 bridgehead atoms. The zero-order valence-corrected chi connectivity index (χ0v) is 18.7. The predicted molar refractivity (Wildman–Crippen MR) is 122 cm³/mol. The van der Waals surface area contributed by atoms with Crippen molar-refractivity contribution in [2.45, 2.75) is 37.6 Å². The van der Waals surface area contributed by atoms with Crippen LogP contribution in [0.5, 0.6) is 0 Å². The number of amides is 1. The first kappa shape index (κ1) is 22.2. The van der Waals surface area contributed by atoms with Gasteiger partial charge in [0.05, 0.1) is 24.5 Å². The van der Waals surface area contributed by atoms with Crippen LogP contribution in [0.15, 0.2) is 36.8 Å². The third-order valence-electron chi connectivity index (χ3n) is 6.25. The summed E-state index contributed by atoms with van der Waals surface area (Å²) in [5.41, 5.74) is 8.76. The largest absolute Gasteiger partial charge is 0.379 e. The van der Waals surface area contributed by atoms with E-state index in [1.165, 1.54) is 6.20 Å². The number of halogens is 2. The fourth-order valence-corrected chi connectivity index (χ4v) is 4.19. The average Bonchev–Trinajstić information content (AvgIpc) is 3.56. The molecule has 178 valence electrons. The van der Waals surface area contributed by atoms with Crippen LogP contribution < -0.4 is 11.1 Å². The number of pyridine rings is 1. The smallest absolute Gasteiger partial charge is 0.254 e. The van der Waals surface area contributed by atoms with Gasteiger partial charge in [-0.3, -0.25) is 4.79 Å². The maximum absolute atomic E-state index is 11.8. The molecule has 1 unspecified atom stereocenters. The topological polar surface area (TPSA) is 112 Å². The molecule has 1 atom stereocenters. The molecule has 2 aromatic heterocycles. The molecule has 3 N–H and O–H groups in total. The number of rotatable bonds is 4. The lowest BCUT2D eigenvalue weighted by molar-refractivity contribution is -0.0717. The molecule has 1 aliphatic carbocycles. The van der Waals surface area contributed by atoms with E-state index >= 15 is 0 Å². The first-order valence-corrected chi connectivity index (χ1v) is 11.2. The van der Waals surface area contributed by atoms with Crippen molar-refractivity contribution in [1.29, 1.82) is 0 Å². The highest BCUT2D eigenvalue weighted by atomic mass is 19.3. The molecule has 1 amide bonds. The Morgan fingerprint density at radius 3 is 2.71 bits per heavy atom. The Balaban J connectivity index is 0.000000351. The number of hydrogen-bond acceptors (Lipinski definition) is 6. The quantitative estimate of drug-likeness (QED) is 0.472. The van der Waals surface area contributed by atoms with E-state index in [2.05, 4.69) is 25.0 Å². The summed E-state index contributed by atoms with van der Waals surface area (Å²) in [7, 11) is 1.79. The van der Waals surface area contributed by atoms with E-state index in [4.69, 9.17) is 10.5 Å². The monoisotopic (exact) mass is 469 g/mol. The number of anilines is 1. The highest BCUT2D eigenvalue weighted by Crippen LogP contribution is 2.37. The van der Waals surface area contributed by atoms with Crippen molar-refractivity contribution in [3.63, 3.8) is 0 Å². The lowest BCUT2D eigenvalue weighted by Gasteiger charge is -2.23. The minimum atomic E-state index is -2.28. The van der Waals surface area contributed by atoms with Gasteiger partial charge in [0.25, 0.3) is 5.91 Å². The van der Waals surface area contributed by atoms with Gasteiger partial charge in [-0.15, -0.1) is 0 Å². The zero-order chi connectivity index (χ0) is 23.9. The maximum atomic E-state index is 11.8. The van der Waals surface area contributed by atoms with Gasteiger partial charge in [-0.25, -0.2) is 18.7 Å². The third kappa shape index (κ3) is 3.96. The van der Waals surface area contributed by atoms with E-state index in [1.54, 1.807) is 11.6 Å². The van der Waals surface area contributed by atoms with Crippen molar-refractivity contribution in [1.82, 2.24) is 24.1 Å². The number of alkyl halides is 2. The Hall–Kier alpha value is -3.60. The van der Waals surface area contributed by atoms with E-state index in [9.17, 15) is 13.6 Å². The normalized spacial score (nSPS) is 19.0. The second-order valence-electron chi connectivity index (χ2n) is 8.49. The first-order valence-electron chi connectivity index (χ1n) is 11.2. The van der Waals surface area contributed by atoms with Crippen molar-refractivity contribution in [3.8, 4) is 22.6 Å². The molecule has 0 aromatic carbocycles. The van der Waals surface area contributed by atoms with Crippen LogP contribution in [0.1, 0.15) is 42.1 Å². The lowest BCUT2D eigenvalue weighted by Crippen LogP contribution is -2.24. The highest BCUT2D eigenvalue weighted by molar-refractivity contribution is 5.99. The van der Waals surface area contributed by atoms with Crippen LogP contribution in [-0.4, -0.2) is 56.2 Å². The van der Waals surface area contributed by atoms with Gasteiger partial charge in [0, 0.05) is 56.1 Å².